The van der Waals surface area contributed by atoms with Crippen molar-refractivity contribution < 1.29 is 0 Å². The highest BCUT2D eigenvalue weighted by molar-refractivity contribution is 9.10. The molecule has 0 amide bonds. The molecule has 90 valence electrons. The predicted molar refractivity (Wildman–Crippen MR) is 79.3 cm³/mol. The van der Waals surface area contributed by atoms with Gasteiger partial charge in [0.25, 0.3) is 0 Å². The zero-order valence-corrected chi connectivity index (χ0v) is 12.2. The molecular weight excluding hydrogens is 294 g/mol. The Hall–Kier alpha value is -0.640. The van der Waals surface area contributed by atoms with Gasteiger partial charge in [0.15, 0.2) is 0 Å². The van der Waals surface area contributed by atoms with Crippen molar-refractivity contribution in [3.63, 3.8) is 0 Å². The van der Waals surface area contributed by atoms with Gasteiger partial charge >= 0.3 is 0 Å². The maximum absolute atomic E-state index is 6.13. The van der Waals surface area contributed by atoms with Crippen LogP contribution in [0.2, 0.25) is 0 Å². The molecule has 0 radical (unpaired) electrons. The quantitative estimate of drug-likeness (QED) is 0.847. The lowest BCUT2D eigenvalue weighted by Gasteiger charge is -2.06. The van der Waals surface area contributed by atoms with Crippen molar-refractivity contribution in [2.75, 3.05) is 0 Å². The van der Waals surface area contributed by atoms with E-state index >= 15 is 0 Å². The van der Waals surface area contributed by atoms with E-state index in [4.69, 9.17) is 5.73 Å². The lowest BCUT2D eigenvalue weighted by molar-refractivity contribution is 0.648. The molecule has 0 bridgehead atoms. The highest BCUT2D eigenvalue weighted by atomic mass is 79.9. The van der Waals surface area contributed by atoms with Gasteiger partial charge in [-0.3, -0.25) is 0 Å². The summed E-state index contributed by atoms with van der Waals surface area (Å²) in [5, 5.41) is 0. The van der Waals surface area contributed by atoms with Gasteiger partial charge < -0.3 is 5.73 Å². The number of halogens is 1. The van der Waals surface area contributed by atoms with Crippen LogP contribution in [0.25, 0.3) is 10.4 Å². The normalized spacial score (nSPS) is 12.6. The van der Waals surface area contributed by atoms with Gasteiger partial charge in [-0.1, -0.05) is 47.5 Å². The first-order valence-electron chi connectivity index (χ1n) is 5.82. The van der Waals surface area contributed by atoms with Gasteiger partial charge in [0.1, 0.15) is 0 Å². The van der Waals surface area contributed by atoms with Crippen LogP contribution in [0.15, 0.2) is 40.9 Å². The second-order valence-electron chi connectivity index (χ2n) is 4.08. The maximum atomic E-state index is 6.13. The van der Waals surface area contributed by atoms with Crippen LogP contribution in [0, 0.1) is 0 Å². The van der Waals surface area contributed by atoms with Gasteiger partial charge in [-0.2, -0.15) is 0 Å². The number of hydrogen-bond acceptors (Lipinski definition) is 2. The molecule has 2 aromatic rings. The van der Waals surface area contributed by atoms with Gasteiger partial charge in [0, 0.05) is 25.8 Å². The molecule has 1 aromatic heterocycles. The summed E-state index contributed by atoms with van der Waals surface area (Å²) in [7, 11) is 0. The molecule has 0 aliphatic heterocycles. The zero-order valence-electron chi connectivity index (χ0n) is 9.82. The first kappa shape index (κ1) is 12.8. The minimum Gasteiger partial charge on any atom is -0.323 e. The van der Waals surface area contributed by atoms with Gasteiger partial charge in [-0.25, -0.2) is 0 Å². The van der Waals surface area contributed by atoms with Crippen molar-refractivity contribution in [1.29, 1.82) is 0 Å². The molecule has 1 heterocycles. The predicted octanol–water partition coefficient (Wildman–Crippen LogP) is 4.98. The Balaban J connectivity index is 2.27. The summed E-state index contributed by atoms with van der Waals surface area (Å²) in [6.45, 7) is 2.17. The van der Waals surface area contributed by atoms with Crippen LogP contribution in [0.4, 0.5) is 0 Å². The van der Waals surface area contributed by atoms with Gasteiger partial charge in [-0.15, -0.1) is 11.3 Å². The second-order valence-corrected chi connectivity index (χ2v) is 6.05. The van der Waals surface area contributed by atoms with Gasteiger partial charge in [0.05, 0.1) is 0 Å². The molecule has 2 rings (SSSR count). The van der Waals surface area contributed by atoms with Crippen LogP contribution in [0.5, 0.6) is 0 Å². The summed E-state index contributed by atoms with van der Waals surface area (Å²) >= 11 is 5.38. The Labute approximate surface area is 115 Å². The summed E-state index contributed by atoms with van der Waals surface area (Å²) < 4.78 is 1.14. The number of thiophene rings is 1. The van der Waals surface area contributed by atoms with Crippen molar-refractivity contribution in [2.45, 2.75) is 25.8 Å². The molecule has 0 fully saturated rings. The van der Waals surface area contributed by atoms with E-state index in [9.17, 15) is 0 Å². The van der Waals surface area contributed by atoms with Crippen molar-refractivity contribution in [2.24, 2.45) is 5.73 Å². The minimum atomic E-state index is 0.182. The Bertz CT molecular complexity index is 492. The second kappa shape index (κ2) is 5.80. The minimum absolute atomic E-state index is 0.182. The van der Waals surface area contributed by atoms with Crippen LogP contribution >= 0.6 is 27.3 Å². The molecule has 1 atom stereocenters. The number of rotatable bonds is 4. The van der Waals surface area contributed by atoms with Crippen molar-refractivity contribution in [3.8, 4) is 10.4 Å². The van der Waals surface area contributed by atoms with Crippen molar-refractivity contribution in [1.82, 2.24) is 0 Å². The standard InChI is InChI=1S/C14H16BrNS/c1-2-5-12(16)14-9-8-13(17-14)10-6-3-4-7-11(10)15/h3-4,6-9,12H,2,5,16H2,1H3. The SMILES string of the molecule is CCCC(N)c1ccc(-c2ccccc2Br)s1. The number of nitrogens with two attached hydrogens (primary N) is 1. The third kappa shape index (κ3) is 2.97. The molecule has 0 aliphatic carbocycles. The van der Waals surface area contributed by atoms with Gasteiger partial charge in [-0.05, 0) is 24.6 Å². The van der Waals surface area contributed by atoms with Gasteiger partial charge in [0.2, 0.25) is 0 Å². The Morgan fingerprint density at radius 1 is 1.24 bits per heavy atom. The fraction of sp³-hybridized carbons (Fsp3) is 0.286. The summed E-state index contributed by atoms with van der Waals surface area (Å²) in [6, 6.07) is 12.8. The van der Waals surface area contributed by atoms with E-state index in [1.54, 1.807) is 11.3 Å². The monoisotopic (exact) mass is 309 g/mol. The van der Waals surface area contributed by atoms with Crippen LogP contribution in [0.1, 0.15) is 30.7 Å². The third-order valence-corrected chi connectivity index (χ3v) is 4.67. The summed E-state index contributed by atoms with van der Waals surface area (Å²) in [5.41, 5.74) is 7.38. The van der Waals surface area contributed by atoms with E-state index in [1.165, 1.54) is 15.3 Å². The molecule has 1 nitrogen and oxygen atoms in total. The molecule has 1 aromatic carbocycles. The largest absolute Gasteiger partial charge is 0.323 e. The van der Waals surface area contributed by atoms with E-state index < -0.39 is 0 Å². The first-order valence-corrected chi connectivity index (χ1v) is 7.43. The lowest BCUT2D eigenvalue weighted by atomic mass is 10.1. The average Bonchev–Trinajstić information content (AvgIpc) is 2.79. The third-order valence-electron chi connectivity index (χ3n) is 2.73. The first-order chi connectivity index (χ1) is 8.22. The molecule has 0 saturated carbocycles. The number of benzene rings is 1. The molecule has 1 unspecified atom stereocenters. The molecule has 17 heavy (non-hydrogen) atoms. The van der Waals surface area contributed by atoms with Crippen molar-refractivity contribution >= 4 is 27.3 Å². The highest BCUT2D eigenvalue weighted by Crippen LogP contribution is 2.35. The topological polar surface area (TPSA) is 26.0 Å². The molecular formula is C14H16BrNS. The summed E-state index contributed by atoms with van der Waals surface area (Å²) in [6.07, 6.45) is 2.18. The van der Waals surface area contributed by atoms with E-state index in [1.807, 2.05) is 6.07 Å². The van der Waals surface area contributed by atoms with Crippen LogP contribution in [0.3, 0.4) is 0 Å². The van der Waals surface area contributed by atoms with E-state index in [0.29, 0.717) is 0 Å². The maximum Gasteiger partial charge on any atom is 0.0389 e. The van der Waals surface area contributed by atoms with Crippen LogP contribution in [-0.4, -0.2) is 0 Å². The smallest absolute Gasteiger partial charge is 0.0389 e. The fourth-order valence-corrected chi connectivity index (χ4v) is 3.52. The molecule has 0 spiro atoms. The van der Waals surface area contributed by atoms with Crippen LogP contribution in [-0.2, 0) is 0 Å². The van der Waals surface area contributed by atoms with E-state index in [2.05, 4.69) is 53.2 Å². The molecule has 0 saturated heterocycles. The Morgan fingerprint density at radius 2 is 2.00 bits per heavy atom. The van der Waals surface area contributed by atoms with E-state index in [0.717, 1.165) is 17.3 Å². The van der Waals surface area contributed by atoms with Crippen LogP contribution < -0.4 is 5.73 Å². The number of hydrogen-bond donors (Lipinski definition) is 1. The summed E-state index contributed by atoms with van der Waals surface area (Å²) in [4.78, 5) is 2.55. The highest BCUT2D eigenvalue weighted by Gasteiger charge is 2.10. The molecule has 3 heteroatoms. The average molecular weight is 310 g/mol. The Kier molecular flexibility index (Phi) is 4.37. The van der Waals surface area contributed by atoms with Crippen molar-refractivity contribution in [3.05, 3.63) is 45.7 Å². The lowest BCUT2D eigenvalue weighted by Crippen LogP contribution is -2.07. The molecule has 0 aliphatic rings. The van der Waals surface area contributed by atoms with E-state index in [-0.39, 0.29) is 6.04 Å². The summed E-state index contributed by atoms with van der Waals surface area (Å²) in [5.74, 6) is 0. The molecule has 2 N–H and O–H groups in total. The Morgan fingerprint density at radius 3 is 2.71 bits per heavy atom. The zero-order chi connectivity index (χ0) is 12.3. The fourth-order valence-electron chi connectivity index (χ4n) is 1.81.